The Labute approximate surface area is 113 Å². The largest absolute Gasteiger partial charge is 1.00 e. The molecule has 0 atom stereocenters. The smallest absolute Gasteiger partial charge is 0.784 e. The maximum Gasteiger partial charge on any atom is 1.00 e. The van der Waals surface area contributed by atoms with Crippen molar-refractivity contribution in [1.82, 2.24) is 0 Å². The monoisotopic (exact) mass is 198 g/mol. The van der Waals surface area contributed by atoms with Crippen molar-refractivity contribution < 1.29 is 77.2 Å². The SMILES string of the molecule is CCC(C)=O.O=S([O-])[O-].[Na+].[Na+]. The van der Waals surface area contributed by atoms with E-state index in [1.165, 1.54) is 0 Å². The Bertz CT molecular complexity index is 104. The molecule has 0 heterocycles. The Morgan fingerprint density at radius 2 is 1.45 bits per heavy atom. The normalized spacial score (nSPS) is 6.64. The summed E-state index contributed by atoms with van der Waals surface area (Å²) < 4.78 is 25.3. The van der Waals surface area contributed by atoms with Crippen LogP contribution >= 0.6 is 0 Å². The van der Waals surface area contributed by atoms with Crippen LogP contribution in [0.4, 0.5) is 0 Å². The summed E-state index contributed by atoms with van der Waals surface area (Å²) in [6.45, 7) is 3.43. The van der Waals surface area contributed by atoms with E-state index >= 15 is 0 Å². The molecule has 0 bridgehead atoms. The number of rotatable bonds is 1. The van der Waals surface area contributed by atoms with Gasteiger partial charge in [0.2, 0.25) is 0 Å². The van der Waals surface area contributed by atoms with Crippen molar-refractivity contribution >= 4 is 17.1 Å². The van der Waals surface area contributed by atoms with Crippen molar-refractivity contribution in [1.29, 1.82) is 0 Å². The van der Waals surface area contributed by atoms with E-state index in [2.05, 4.69) is 0 Å². The van der Waals surface area contributed by atoms with E-state index in [-0.39, 0.29) is 64.9 Å². The zero-order valence-corrected chi connectivity index (χ0v) is 12.1. The van der Waals surface area contributed by atoms with Crippen LogP contribution in [0.3, 0.4) is 0 Å². The summed E-state index contributed by atoms with van der Waals surface area (Å²) in [6.07, 6.45) is 0.667. The van der Waals surface area contributed by atoms with E-state index in [1.807, 2.05) is 6.92 Å². The molecule has 0 saturated heterocycles. The second-order valence-corrected chi connectivity index (χ2v) is 1.67. The van der Waals surface area contributed by atoms with Crippen molar-refractivity contribution in [2.24, 2.45) is 0 Å². The summed E-state index contributed by atoms with van der Waals surface area (Å²) in [5.41, 5.74) is 0. The van der Waals surface area contributed by atoms with E-state index in [0.717, 1.165) is 0 Å². The van der Waals surface area contributed by atoms with Crippen molar-refractivity contribution in [3.63, 3.8) is 0 Å². The second-order valence-electron chi connectivity index (χ2n) is 1.26. The van der Waals surface area contributed by atoms with Crippen LogP contribution in [0.5, 0.6) is 0 Å². The van der Waals surface area contributed by atoms with Crippen LogP contribution in [0.2, 0.25) is 0 Å². The van der Waals surface area contributed by atoms with Crippen LogP contribution in [-0.4, -0.2) is 19.1 Å². The van der Waals surface area contributed by atoms with Gasteiger partial charge in [-0.1, -0.05) is 6.92 Å². The van der Waals surface area contributed by atoms with Gasteiger partial charge in [-0.05, 0) is 6.92 Å². The quantitative estimate of drug-likeness (QED) is 0.310. The van der Waals surface area contributed by atoms with Gasteiger partial charge in [0.1, 0.15) is 5.78 Å². The number of hydrogen-bond donors (Lipinski definition) is 0. The molecule has 0 radical (unpaired) electrons. The fraction of sp³-hybridized carbons (Fsp3) is 0.750. The molecule has 4 nitrogen and oxygen atoms in total. The molecule has 0 amide bonds. The maximum absolute atomic E-state index is 9.81. The van der Waals surface area contributed by atoms with Crippen LogP contribution in [0, 0.1) is 0 Å². The predicted molar refractivity (Wildman–Crippen MR) is 30.7 cm³/mol. The Morgan fingerprint density at radius 1 is 1.36 bits per heavy atom. The average Bonchev–Trinajstić information content (AvgIpc) is 1.65. The molecule has 0 aromatic heterocycles. The molecule has 7 heteroatoms. The van der Waals surface area contributed by atoms with Crippen LogP contribution in [0.1, 0.15) is 20.3 Å². The van der Waals surface area contributed by atoms with E-state index in [4.69, 9.17) is 13.3 Å². The third-order valence-electron chi connectivity index (χ3n) is 0.498. The summed E-state index contributed by atoms with van der Waals surface area (Å²) in [5, 5.41) is 0. The Morgan fingerprint density at radius 3 is 1.45 bits per heavy atom. The van der Waals surface area contributed by atoms with Crippen molar-refractivity contribution in [3.8, 4) is 0 Å². The van der Waals surface area contributed by atoms with E-state index < -0.39 is 11.4 Å². The fourth-order valence-electron chi connectivity index (χ4n) is 0. The van der Waals surface area contributed by atoms with Gasteiger partial charge in [0.25, 0.3) is 0 Å². The summed E-state index contributed by atoms with van der Waals surface area (Å²) in [7, 11) is 0. The molecular weight excluding hydrogens is 190 g/mol. The Kier molecular flexibility index (Phi) is 37.0. The van der Waals surface area contributed by atoms with Gasteiger partial charge in [0, 0.05) is 6.42 Å². The molecule has 0 fully saturated rings. The molecule has 0 aromatic rings. The minimum absolute atomic E-state index is 0. The second kappa shape index (κ2) is 17.7. The number of carbonyl (C=O) groups excluding carboxylic acids is 1. The average molecular weight is 198 g/mol. The van der Waals surface area contributed by atoms with Crippen LogP contribution in [0.25, 0.3) is 0 Å². The predicted octanol–water partition coefficient (Wildman–Crippen LogP) is -6.01. The molecule has 0 aliphatic rings. The fourth-order valence-corrected chi connectivity index (χ4v) is 0. The van der Waals surface area contributed by atoms with Gasteiger partial charge >= 0.3 is 59.1 Å². The summed E-state index contributed by atoms with van der Waals surface area (Å²) >= 11 is -3.11. The van der Waals surface area contributed by atoms with E-state index in [1.54, 1.807) is 6.92 Å². The minimum atomic E-state index is -3.11. The van der Waals surface area contributed by atoms with E-state index in [9.17, 15) is 4.79 Å². The van der Waals surface area contributed by atoms with Crippen LogP contribution < -0.4 is 59.1 Å². The number of hydrogen-bond acceptors (Lipinski definition) is 4. The van der Waals surface area contributed by atoms with Crippen molar-refractivity contribution in [2.75, 3.05) is 0 Å². The molecule has 0 aliphatic heterocycles. The molecule has 0 unspecified atom stereocenters. The molecule has 0 aliphatic carbocycles. The zero-order chi connectivity index (χ0) is 7.86. The molecule has 11 heavy (non-hydrogen) atoms. The molecule has 0 aromatic carbocycles. The molecular formula is C4H8Na2O4S. The third kappa shape index (κ3) is 79.6. The number of Topliss-reactive ketones (excluding diaryl/α,β-unsaturated/α-hetero) is 1. The topological polar surface area (TPSA) is 80.3 Å². The van der Waals surface area contributed by atoms with Crippen molar-refractivity contribution in [3.05, 3.63) is 0 Å². The zero-order valence-electron chi connectivity index (χ0n) is 7.25. The van der Waals surface area contributed by atoms with Gasteiger partial charge in [0.15, 0.2) is 0 Å². The molecule has 0 spiro atoms. The van der Waals surface area contributed by atoms with Gasteiger partial charge < -0.3 is 13.9 Å². The first kappa shape index (κ1) is 23.0. The van der Waals surface area contributed by atoms with Crippen molar-refractivity contribution in [2.45, 2.75) is 20.3 Å². The van der Waals surface area contributed by atoms with Gasteiger partial charge in [-0.25, -0.2) is 0 Å². The Balaban J connectivity index is -0.0000000383. The van der Waals surface area contributed by atoms with Gasteiger partial charge in [-0.3, -0.25) is 4.21 Å². The van der Waals surface area contributed by atoms with E-state index in [0.29, 0.717) is 6.42 Å². The molecule has 0 saturated carbocycles. The maximum atomic E-state index is 9.81. The first-order valence-corrected chi connectivity index (χ1v) is 3.26. The van der Waals surface area contributed by atoms with Gasteiger partial charge in [0.05, 0.1) is 0 Å². The third-order valence-corrected chi connectivity index (χ3v) is 0.498. The molecule has 56 valence electrons. The standard InChI is InChI=1S/C4H8O.2Na.H2O3S/c1-3-4(2)5;;;1-4(2)3/h3H2,1-2H3;;;(H2,1,2,3)/q;2*+1;/p-2. The van der Waals surface area contributed by atoms with Crippen LogP contribution in [0.15, 0.2) is 0 Å². The number of ketones is 1. The first-order valence-electron chi connectivity index (χ1n) is 2.26. The van der Waals surface area contributed by atoms with Crippen LogP contribution in [-0.2, 0) is 16.2 Å². The van der Waals surface area contributed by atoms with Gasteiger partial charge in [-0.15, -0.1) is 11.4 Å². The summed E-state index contributed by atoms with van der Waals surface area (Å²) in [6, 6.07) is 0. The summed E-state index contributed by atoms with van der Waals surface area (Å²) in [4.78, 5) is 9.81. The summed E-state index contributed by atoms with van der Waals surface area (Å²) in [5.74, 6) is 0.255. The molecule has 0 rings (SSSR count). The minimum Gasteiger partial charge on any atom is -0.784 e. The molecule has 0 N–H and O–H groups in total. The number of carbonyl (C=O) groups is 1. The van der Waals surface area contributed by atoms with Gasteiger partial charge in [-0.2, -0.15) is 0 Å². The first-order chi connectivity index (χ1) is 4.00. The Hall–Kier alpha value is 1.74.